The molecule has 14 heteroatoms. The highest BCUT2D eigenvalue weighted by molar-refractivity contribution is 5.97. The number of fused-ring (bicyclic) bond motifs is 2. The lowest BCUT2D eigenvalue weighted by atomic mass is 9.84. The third-order valence-electron chi connectivity index (χ3n) is 10.00. The van der Waals surface area contributed by atoms with E-state index in [0.717, 1.165) is 35.7 Å². The van der Waals surface area contributed by atoms with Crippen LogP contribution >= 0.6 is 0 Å². The van der Waals surface area contributed by atoms with Crippen molar-refractivity contribution in [1.29, 1.82) is 0 Å². The predicted molar refractivity (Wildman–Crippen MR) is 185 cm³/mol. The summed E-state index contributed by atoms with van der Waals surface area (Å²) in [5.41, 5.74) is 1.62. The Hall–Kier alpha value is -4.46. The first-order valence-corrected chi connectivity index (χ1v) is 17.9. The summed E-state index contributed by atoms with van der Waals surface area (Å²) in [5, 5.41) is 25.5. The van der Waals surface area contributed by atoms with E-state index in [1.807, 2.05) is 38.1 Å². The van der Waals surface area contributed by atoms with E-state index in [2.05, 4.69) is 31.6 Å². The fraction of sp³-hybridized carbons (Fsp3) is 0.611. The van der Waals surface area contributed by atoms with Gasteiger partial charge in [-0.2, -0.15) is 0 Å². The first kappa shape index (κ1) is 36.8. The molecule has 50 heavy (non-hydrogen) atoms. The van der Waals surface area contributed by atoms with Crippen molar-refractivity contribution in [3.63, 3.8) is 0 Å². The lowest BCUT2D eigenvalue weighted by Crippen LogP contribution is -2.59. The van der Waals surface area contributed by atoms with Gasteiger partial charge in [0.25, 0.3) is 0 Å². The summed E-state index contributed by atoms with van der Waals surface area (Å²) in [6.45, 7) is 5.55. The van der Waals surface area contributed by atoms with Crippen LogP contribution in [0.25, 0.3) is 10.9 Å². The molecule has 2 aliphatic heterocycles. The first-order valence-electron chi connectivity index (χ1n) is 17.9. The third kappa shape index (κ3) is 9.01. The Balaban J connectivity index is 1.44. The van der Waals surface area contributed by atoms with Gasteiger partial charge in [-0.3, -0.25) is 28.8 Å². The van der Waals surface area contributed by atoms with E-state index in [-0.39, 0.29) is 56.5 Å². The second-order valence-corrected chi connectivity index (χ2v) is 14.4. The molecule has 0 radical (unpaired) electrons. The van der Waals surface area contributed by atoms with Gasteiger partial charge in [0, 0.05) is 48.9 Å². The fourth-order valence-electron chi connectivity index (χ4n) is 6.91. The second kappa shape index (κ2) is 16.5. The zero-order chi connectivity index (χ0) is 35.9. The molecule has 2 saturated heterocycles. The summed E-state index contributed by atoms with van der Waals surface area (Å²) in [6, 6.07) is 2.53. The molecule has 1 aromatic carbocycles. The standard InChI is InChI=1S/C36H51N7O7/c1-20(2)15-29-36(50)43-19-24(44)17-30(43)35(49)37-14-7-6-13-27(40-32(46)22-9-8-10-22)33(47)39-21(3)31(45)41-28(34(48)42-29)16-23-18-38-26-12-5-4-11-25(23)26/h4-5,11-12,18,20-22,24,27-30,38,44H,6-10,13-17,19H2,1-3H3,(H,37,49)(H,39,47)(H,40,46)(H,41,45)(H,42,48)/t21-,24-,27+,28+,29-,30+/m1/s1. The Morgan fingerprint density at radius 3 is 2.38 bits per heavy atom. The number of H-pyrrole nitrogens is 1. The van der Waals surface area contributed by atoms with Crippen molar-refractivity contribution in [1.82, 2.24) is 36.5 Å². The number of aromatic nitrogens is 1. The minimum absolute atomic E-state index is 0.0136. The minimum Gasteiger partial charge on any atom is -0.391 e. The van der Waals surface area contributed by atoms with Gasteiger partial charge in [-0.05, 0) is 63.0 Å². The average Bonchev–Trinajstić information content (AvgIpc) is 3.64. The SMILES string of the molecule is CC(C)C[C@H]1NC(=O)[C@H](Cc2c[nH]c3ccccc23)NC(=O)[C@@H](C)NC(=O)[C@@H](NC(=O)C2CCC2)CCCCNC(=O)[C@@H]2C[C@@H](O)CN2C1=O. The Morgan fingerprint density at radius 2 is 1.66 bits per heavy atom. The number of rotatable bonds is 6. The van der Waals surface area contributed by atoms with Crippen LogP contribution in [0, 0.1) is 11.8 Å². The zero-order valence-electron chi connectivity index (χ0n) is 29.1. The Labute approximate surface area is 292 Å². The topological polar surface area (TPSA) is 202 Å². The van der Waals surface area contributed by atoms with Crippen molar-refractivity contribution in [2.75, 3.05) is 13.1 Å². The molecule has 3 fully saturated rings. The third-order valence-corrected chi connectivity index (χ3v) is 10.00. The van der Waals surface area contributed by atoms with Crippen LogP contribution in [-0.4, -0.2) is 99.8 Å². The Kier molecular flexibility index (Phi) is 12.1. The predicted octanol–water partition coefficient (Wildman–Crippen LogP) is 0.778. The molecule has 3 aliphatic rings. The number of amides is 6. The van der Waals surface area contributed by atoms with E-state index in [1.165, 1.54) is 11.8 Å². The van der Waals surface area contributed by atoms with Gasteiger partial charge in [-0.25, -0.2) is 0 Å². The Bertz CT molecular complexity index is 1570. The smallest absolute Gasteiger partial charge is 0.245 e. The summed E-state index contributed by atoms with van der Waals surface area (Å²) in [7, 11) is 0. The number of carbonyl (C=O) groups excluding carboxylic acids is 6. The van der Waals surface area contributed by atoms with Gasteiger partial charge >= 0.3 is 0 Å². The maximum absolute atomic E-state index is 14.1. The van der Waals surface area contributed by atoms with Crippen molar-refractivity contribution in [2.24, 2.45) is 11.8 Å². The minimum atomic E-state index is -1.14. The van der Waals surface area contributed by atoms with E-state index in [1.54, 1.807) is 6.20 Å². The maximum Gasteiger partial charge on any atom is 0.245 e. The molecule has 6 atom stereocenters. The largest absolute Gasteiger partial charge is 0.391 e. The van der Waals surface area contributed by atoms with Gasteiger partial charge in [-0.15, -0.1) is 0 Å². The van der Waals surface area contributed by atoms with E-state index >= 15 is 0 Å². The van der Waals surface area contributed by atoms with E-state index in [4.69, 9.17) is 0 Å². The van der Waals surface area contributed by atoms with Crippen LogP contribution in [0.5, 0.6) is 0 Å². The highest BCUT2D eigenvalue weighted by Gasteiger charge is 2.42. The molecule has 1 aliphatic carbocycles. The first-order chi connectivity index (χ1) is 23.9. The number of aromatic amines is 1. The molecule has 2 aromatic rings. The summed E-state index contributed by atoms with van der Waals surface area (Å²) in [5.74, 6) is -2.97. The van der Waals surface area contributed by atoms with Gasteiger partial charge in [0.2, 0.25) is 35.4 Å². The van der Waals surface area contributed by atoms with Gasteiger partial charge in [0.05, 0.1) is 6.10 Å². The molecule has 6 amide bonds. The van der Waals surface area contributed by atoms with Gasteiger partial charge < -0.3 is 41.6 Å². The highest BCUT2D eigenvalue weighted by atomic mass is 16.3. The van der Waals surface area contributed by atoms with E-state index in [0.29, 0.717) is 12.8 Å². The van der Waals surface area contributed by atoms with Crippen molar-refractivity contribution in [3.8, 4) is 0 Å². The summed E-state index contributed by atoms with van der Waals surface area (Å²) in [4.78, 5) is 85.9. The van der Waals surface area contributed by atoms with Crippen molar-refractivity contribution in [3.05, 3.63) is 36.0 Å². The quantitative estimate of drug-likeness (QED) is 0.232. The van der Waals surface area contributed by atoms with Crippen LogP contribution < -0.4 is 26.6 Å². The number of benzene rings is 1. The number of hydrogen-bond acceptors (Lipinski definition) is 7. The highest BCUT2D eigenvalue weighted by Crippen LogP contribution is 2.27. The van der Waals surface area contributed by atoms with Crippen LogP contribution in [0.15, 0.2) is 30.5 Å². The number of aliphatic hydroxyl groups is 1. The number of nitrogens with one attached hydrogen (secondary N) is 6. The number of para-hydroxylation sites is 1. The van der Waals surface area contributed by atoms with Crippen LogP contribution in [0.1, 0.15) is 77.7 Å². The lowest BCUT2D eigenvalue weighted by Gasteiger charge is -2.30. The summed E-state index contributed by atoms with van der Waals surface area (Å²) < 4.78 is 0. The molecular formula is C36H51N7O7. The molecule has 1 aromatic heterocycles. The summed E-state index contributed by atoms with van der Waals surface area (Å²) >= 11 is 0. The van der Waals surface area contributed by atoms with Gasteiger partial charge in [0.15, 0.2) is 0 Å². The van der Waals surface area contributed by atoms with Crippen molar-refractivity contribution in [2.45, 2.75) is 115 Å². The van der Waals surface area contributed by atoms with Crippen LogP contribution in [0.2, 0.25) is 0 Å². The molecule has 3 heterocycles. The molecule has 7 N–H and O–H groups in total. The zero-order valence-corrected chi connectivity index (χ0v) is 29.1. The van der Waals surface area contributed by atoms with Gasteiger partial charge in [-0.1, -0.05) is 38.5 Å². The van der Waals surface area contributed by atoms with Crippen LogP contribution in [0.4, 0.5) is 0 Å². The number of carbonyl (C=O) groups is 6. The molecule has 272 valence electrons. The summed E-state index contributed by atoms with van der Waals surface area (Å²) in [6.07, 6.45) is 5.02. The average molecular weight is 694 g/mol. The van der Waals surface area contributed by atoms with E-state index in [9.17, 15) is 33.9 Å². The molecule has 0 unspecified atom stereocenters. The molecule has 0 bridgehead atoms. The number of hydrogen-bond donors (Lipinski definition) is 7. The van der Waals surface area contributed by atoms with Gasteiger partial charge in [0.1, 0.15) is 30.2 Å². The normalized spacial score (nSPS) is 28.0. The van der Waals surface area contributed by atoms with Crippen LogP contribution in [0.3, 0.4) is 0 Å². The molecule has 0 spiro atoms. The molecule has 14 nitrogen and oxygen atoms in total. The number of nitrogens with zero attached hydrogens (tertiary/aromatic N) is 1. The fourth-order valence-corrected chi connectivity index (χ4v) is 6.91. The Morgan fingerprint density at radius 1 is 0.920 bits per heavy atom. The van der Waals surface area contributed by atoms with Crippen molar-refractivity contribution < 1.29 is 33.9 Å². The van der Waals surface area contributed by atoms with Crippen LogP contribution in [-0.2, 0) is 35.2 Å². The molecule has 1 saturated carbocycles. The lowest BCUT2D eigenvalue weighted by molar-refractivity contribution is -0.142. The van der Waals surface area contributed by atoms with E-state index < -0.39 is 65.8 Å². The maximum atomic E-state index is 14.1. The monoisotopic (exact) mass is 693 g/mol. The molecular weight excluding hydrogens is 642 g/mol. The molecule has 5 rings (SSSR count). The second-order valence-electron chi connectivity index (χ2n) is 14.4. The number of aliphatic hydroxyl groups excluding tert-OH is 1. The van der Waals surface area contributed by atoms with Crippen molar-refractivity contribution >= 4 is 46.3 Å².